The highest BCUT2D eigenvalue weighted by molar-refractivity contribution is 7.98. The zero-order chi connectivity index (χ0) is 24.2. The van der Waals surface area contributed by atoms with Gasteiger partial charge in [0.1, 0.15) is 23.5 Å². The van der Waals surface area contributed by atoms with Crippen LogP contribution in [0.2, 0.25) is 0 Å². The van der Waals surface area contributed by atoms with Crippen molar-refractivity contribution in [3.63, 3.8) is 0 Å². The summed E-state index contributed by atoms with van der Waals surface area (Å²) in [5, 5.41) is 14.3. The molecule has 1 aromatic heterocycles. The molecule has 3 aromatic carbocycles. The Morgan fingerprint density at radius 1 is 1.06 bits per heavy atom. The van der Waals surface area contributed by atoms with Gasteiger partial charge < -0.3 is 10.1 Å². The van der Waals surface area contributed by atoms with Crippen molar-refractivity contribution in [3.8, 4) is 5.75 Å². The van der Waals surface area contributed by atoms with Crippen molar-refractivity contribution in [3.05, 3.63) is 99.5 Å². The van der Waals surface area contributed by atoms with E-state index in [0.29, 0.717) is 10.6 Å². The Labute approximate surface area is 196 Å². The van der Waals surface area contributed by atoms with E-state index in [1.54, 1.807) is 0 Å². The van der Waals surface area contributed by atoms with Crippen molar-refractivity contribution < 1.29 is 22.8 Å². The second-order valence-corrected chi connectivity index (χ2v) is 8.32. The Morgan fingerprint density at radius 3 is 2.41 bits per heavy atom. The van der Waals surface area contributed by atoms with Gasteiger partial charge in [0.15, 0.2) is 11.6 Å². The molecule has 4 aromatic rings. The van der Waals surface area contributed by atoms with Gasteiger partial charge >= 0.3 is 5.69 Å². The van der Waals surface area contributed by atoms with Crippen molar-refractivity contribution in [1.82, 2.24) is 4.98 Å². The number of benzene rings is 3. The van der Waals surface area contributed by atoms with E-state index in [0.717, 1.165) is 17.8 Å². The molecule has 0 unspecified atom stereocenters. The van der Waals surface area contributed by atoms with Gasteiger partial charge in [0, 0.05) is 34.2 Å². The Bertz CT molecular complexity index is 1350. The predicted octanol–water partition coefficient (Wildman–Crippen LogP) is 6.47. The normalized spacial score (nSPS) is 10.9. The molecule has 0 atom stereocenters. The van der Waals surface area contributed by atoms with Crippen LogP contribution in [-0.4, -0.2) is 17.0 Å². The smallest absolute Gasteiger partial charge is 0.311 e. The van der Waals surface area contributed by atoms with Gasteiger partial charge in [-0.3, -0.25) is 10.1 Å². The van der Waals surface area contributed by atoms with Crippen molar-refractivity contribution >= 4 is 34.0 Å². The third-order valence-corrected chi connectivity index (χ3v) is 6.17. The number of fused-ring (bicyclic) bond motifs is 1. The van der Waals surface area contributed by atoms with Crippen LogP contribution in [0.25, 0.3) is 10.9 Å². The molecule has 0 saturated heterocycles. The van der Waals surface area contributed by atoms with Crippen molar-refractivity contribution in [1.29, 1.82) is 0 Å². The predicted molar refractivity (Wildman–Crippen MR) is 125 cm³/mol. The van der Waals surface area contributed by atoms with Crippen LogP contribution < -0.4 is 10.1 Å². The van der Waals surface area contributed by atoms with Gasteiger partial charge in [0.05, 0.1) is 17.5 Å². The summed E-state index contributed by atoms with van der Waals surface area (Å²) >= 11 is 1.29. The van der Waals surface area contributed by atoms with Gasteiger partial charge in [-0.2, -0.15) is 0 Å². The minimum atomic E-state index is -0.795. The van der Waals surface area contributed by atoms with E-state index in [-0.39, 0.29) is 27.9 Å². The number of methoxy groups -OCH3 is 1. The molecule has 34 heavy (non-hydrogen) atoms. The van der Waals surface area contributed by atoms with Crippen LogP contribution in [-0.2, 0) is 12.3 Å². The Morgan fingerprint density at radius 2 is 1.76 bits per heavy atom. The molecule has 0 fully saturated rings. The summed E-state index contributed by atoms with van der Waals surface area (Å²) in [5.41, 5.74) is 0.392. The molecule has 0 radical (unpaired) electrons. The molecule has 0 saturated carbocycles. The van der Waals surface area contributed by atoms with E-state index >= 15 is 0 Å². The number of ether oxygens (including phenoxy) is 1. The van der Waals surface area contributed by atoms with E-state index in [2.05, 4.69) is 10.3 Å². The quantitative estimate of drug-likeness (QED) is 0.175. The Hall–Kier alpha value is -3.79. The summed E-state index contributed by atoms with van der Waals surface area (Å²) in [7, 11) is 1.28. The van der Waals surface area contributed by atoms with Crippen LogP contribution in [0.5, 0.6) is 5.75 Å². The van der Waals surface area contributed by atoms with E-state index in [1.807, 2.05) is 30.3 Å². The number of aromatic nitrogens is 1. The maximum atomic E-state index is 14.8. The van der Waals surface area contributed by atoms with Crippen molar-refractivity contribution in [2.75, 3.05) is 12.4 Å². The van der Waals surface area contributed by atoms with E-state index in [9.17, 15) is 23.3 Å². The number of pyridine rings is 1. The zero-order valence-electron chi connectivity index (χ0n) is 17.8. The first-order valence-corrected chi connectivity index (χ1v) is 11.0. The van der Waals surface area contributed by atoms with Crippen molar-refractivity contribution in [2.45, 2.75) is 17.2 Å². The van der Waals surface area contributed by atoms with Crippen LogP contribution in [0.4, 0.5) is 24.5 Å². The maximum absolute atomic E-state index is 14.8. The first-order chi connectivity index (χ1) is 16.4. The molecule has 0 aliphatic heterocycles. The average molecular weight is 485 g/mol. The SMILES string of the molecule is COc1cc2ncc([N+](=O)[O-])c(NCc3c(F)cc(SCc4ccccc4)cc3F)c2cc1F. The van der Waals surface area contributed by atoms with Gasteiger partial charge in [0.2, 0.25) is 0 Å². The first kappa shape index (κ1) is 23.4. The number of rotatable bonds is 8. The third kappa shape index (κ3) is 4.91. The minimum Gasteiger partial charge on any atom is -0.494 e. The fourth-order valence-electron chi connectivity index (χ4n) is 3.41. The Balaban J connectivity index is 1.61. The van der Waals surface area contributed by atoms with E-state index < -0.39 is 34.6 Å². The lowest BCUT2D eigenvalue weighted by atomic mass is 10.1. The first-order valence-electron chi connectivity index (χ1n) is 10.1. The molecule has 1 N–H and O–H groups in total. The summed E-state index contributed by atoms with van der Waals surface area (Å²) in [5.74, 6) is -1.88. The average Bonchev–Trinajstić information content (AvgIpc) is 2.82. The second-order valence-electron chi connectivity index (χ2n) is 7.27. The number of hydrogen-bond acceptors (Lipinski definition) is 6. The molecule has 6 nitrogen and oxygen atoms in total. The highest BCUT2D eigenvalue weighted by Gasteiger charge is 2.21. The topological polar surface area (TPSA) is 77.3 Å². The summed E-state index contributed by atoms with van der Waals surface area (Å²) in [6, 6.07) is 14.3. The molecule has 0 aliphatic carbocycles. The molecular formula is C24H18F3N3O3S. The van der Waals surface area contributed by atoms with Crippen LogP contribution in [0.15, 0.2) is 65.7 Å². The zero-order valence-corrected chi connectivity index (χ0v) is 18.7. The lowest BCUT2D eigenvalue weighted by Crippen LogP contribution is -2.08. The molecule has 0 spiro atoms. The molecule has 174 valence electrons. The standard InChI is InChI=1S/C24H18F3N3O3S/c1-33-23-10-21-16(9-20(23)27)24(22(12-28-21)30(31)32)29-11-17-18(25)7-15(8-19(17)26)34-13-14-5-3-2-4-6-14/h2-10,12H,11,13H2,1H3,(H,28,29). The summed E-state index contributed by atoms with van der Waals surface area (Å²) < 4.78 is 48.7. The van der Waals surface area contributed by atoms with Crippen LogP contribution in [0.1, 0.15) is 11.1 Å². The van der Waals surface area contributed by atoms with Crippen LogP contribution >= 0.6 is 11.8 Å². The van der Waals surface area contributed by atoms with Gasteiger partial charge in [-0.15, -0.1) is 11.8 Å². The maximum Gasteiger partial charge on any atom is 0.311 e. The van der Waals surface area contributed by atoms with Crippen LogP contribution in [0, 0.1) is 27.6 Å². The fraction of sp³-hybridized carbons (Fsp3) is 0.125. The van der Waals surface area contributed by atoms with Gasteiger partial charge in [-0.1, -0.05) is 30.3 Å². The van der Waals surface area contributed by atoms with Gasteiger partial charge in [0.25, 0.3) is 0 Å². The summed E-state index contributed by atoms with van der Waals surface area (Å²) in [6.45, 7) is -0.394. The number of halogens is 3. The molecule has 10 heteroatoms. The number of hydrogen-bond donors (Lipinski definition) is 1. The molecule has 0 bridgehead atoms. The van der Waals surface area contributed by atoms with Gasteiger partial charge in [-0.05, 0) is 23.8 Å². The molecular weight excluding hydrogens is 467 g/mol. The number of nitrogens with zero attached hydrogens (tertiary/aromatic N) is 2. The monoisotopic (exact) mass is 485 g/mol. The number of anilines is 1. The molecule has 0 amide bonds. The molecule has 0 aliphatic rings. The largest absolute Gasteiger partial charge is 0.494 e. The molecule has 4 rings (SSSR count). The minimum absolute atomic E-state index is 0.0829. The number of thioether (sulfide) groups is 1. The summed E-state index contributed by atoms with van der Waals surface area (Å²) in [6.07, 6.45) is 0.998. The van der Waals surface area contributed by atoms with Gasteiger partial charge in [-0.25, -0.2) is 18.2 Å². The number of nitro groups is 1. The third-order valence-electron chi connectivity index (χ3n) is 5.12. The van der Waals surface area contributed by atoms with Crippen LogP contribution in [0.3, 0.4) is 0 Å². The fourth-order valence-corrected chi connectivity index (χ4v) is 4.31. The summed E-state index contributed by atoms with van der Waals surface area (Å²) in [4.78, 5) is 15.2. The second kappa shape index (κ2) is 10.0. The highest BCUT2D eigenvalue weighted by atomic mass is 32.2. The molecule has 1 heterocycles. The Kier molecular flexibility index (Phi) is 6.87. The van der Waals surface area contributed by atoms with E-state index in [1.165, 1.54) is 37.1 Å². The number of nitrogens with one attached hydrogen (secondary N) is 1. The highest BCUT2D eigenvalue weighted by Crippen LogP contribution is 2.35. The lowest BCUT2D eigenvalue weighted by molar-refractivity contribution is -0.384. The lowest BCUT2D eigenvalue weighted by Gasteiger charge is -2.13. The van der Waals surface area contributed by atoms with E-state index in [4.69, 9.17) is 4.74 Å². The van der Waals surface area contributed by atoms with Crippen molar-refractivity contribution in [2.24, 2.45) is 0 Å².